The van der Waals surface area contributed by atoms with Crippen molar-refractivity contribution in [2.24, 2.45) is 0 Å². The van der Waals surface area contributed by atoms with Crippen LogP contribution in [0, 0.1) is 5.82 Å². The summed E-state index contributed by atoms with van der Waals surface area (Å²) in [4.78, 5) is 2.16. The van der Waals surface area contributed by atoms with Gasteiger partial charge in [-0.1, -0.05) is 12.1 Å². The third-order valence-corrected chi connectivity index (χ3v) is 3.48. The van der Waals surface area contributed by atoms with Crippen LogP contribution >= 0.6 is 0 Å². The number of aliphatic hydroxyl groups is 1. The molecule has 0 saturated carbocycles. The van der Waals surface area contributed by atoms with E-state index in [2.05, 4.69) is 4.90 Å². The second-order valence-electron chi connectivity index (χ2n) is 5.71. The van der Waals surface area contributed by atoms with E-state index in [-0.39, 0.29) is 18.0 Å². The van der Waals surface area contributed by atoms with Crippen LogP contribution in [0.25, 0.3) is 0 Å². The number of rotatable bonds is 6. The summed E-state index contributed by atoms with van der Waals surface area (Å²) in [6.07, 6.45) is -0.451. The number of morpholine rings is 1. The monoisotopic (exact) mass is 297 g/mol. The van der Waals surface area contributed by atoms with Crippen LogP contribution in [0.15, 0.2) is 24.3 Å². The van der Waals surface area contributed by atoms with Crippen LogP contribution in [0.1, 0.15) is 25.5 Å². The van der Waals surface area contributed by atoms with Gasteiger partial charge in [0.2, 0.25) is 0 Å². The van der Waals surface area contributed by atoms with Gasteiger partial charge in [-0.2, -0.15) is 0 Å². The fourth-order valence-corrected chi connectivity index (χ4v) is 2.40. The predicted octanol–water partition coefficient (Wildman–Crippen LogP) is 1.98. The molecule has 1 aliphatic heterocycles. The Morgan fingerprint density at radius 3 is 2.76 bits per heavy atom. The van der Waals surface area contributed by atoms with Crippen molar-refractivity contribution < 1.29 is 19.0 Å². The van der Waals surface area contributed by atoms with Gasteiger partial charge in [0.25, 0.3) is 0 Å². The first-order valence-electron chi connectivity index (χ1n) is 7.43. The third-order valence-electron chi connectivity index (χ3n) is 3.48. The molecule has 2 atom stereocenters. The van der Waals surface area contributed by atoms with Crippen molar-refractivity contribution in [2.45, 2.75) is 32.2 Å². The summed E-state index contributed by atoms with van der Waals surface area (Å²) < 4.78 is 24.1. The van der Waals surface area contributed by atoms with Crippen LogP contribution in [0.5, 0.6) is 0 Å². The Morgan fingerprint density at radius 2 is 2.10 bits per heavy atom. The number of ether oxygens (including phenoxy) is 2. The molecule has 21 heavy (non-hydrogen) atoms. The molecule has 1 aromatic rings. The largest absolute Gasteiger partial charge is 0.389 e. The van der Waals surface area contributed by atoms with E-state index in [0.717, 1.165) is 12.1 Å². The molecule has 2 unspecified atom stereocenters. The van der Waals surface area contributed by atoms with Gasteiger partial charge < -0.3 is 14.6 Å². The minimum absolute atomic E-state index is 0.0717. The van der Waals surface area contributed by atoms with Crippen LogP contribution in [0.2, 0.25) is 0 Å². The molecule has 0 bridgehead atoms. The molecule has 1 N–H and O–H groups in total. The Bertz CT molecular complexity index is 424. The van der Waals surface area contributed by atoms with Gasteiger partial charge in [-0.15, -0.1) is 0 Å². The molecule has 1 fully saturated rings. The Labute approximate surface area is 125 Å². The predicted molar refractivity (Wildman–Crippen MR) is 78.6 cm³/mol. The van der Waals surface area contributed by atoms with Crippen molar-refractivity contribution in [3.63, 3.8) is 0 Å². The molecule has 0 amide bonds. The molecule has 1 aliphatic rings. The molecule has 0 radical (unpaired) electrons. The zero-order chi connectivity index (χ0) is 15.2. The molecular formula is C16H24FNO3. The number of benzene rings is 1. The number of hydrogen-bond donors (Lipinski definition) is 1. The van der Waals surface area contributed by atoms with Gasteiger partial charge in [0.05, 0.1) is 31.5 Å². The highest BCUT2D eigenvalue weighted by Crippen LogP contribution is 2.22. The molecular weight excluding hydrogens is 273 g/mol. The van der Waals surface area contributed by atoms with Crippen molar-refractivity contribution in [3.8, 4) is 0 Å². The Balaban J connectivity index is 1.84. The Morgan fingerprint density at radius 1 is 1.38 bits per heavy atom. The van der Waals surface area contributed by atoms with Gasteiger partial charge >= 0.3 is 0 Å². The molecule has 1 aromatic carbocycles. The molecule has 0 spiro atoms. The van der Waals surface area contributed by atoms with Crippen LogP contribution in [-0.4, -0.2) is 55.1 Å². The maximum absolute atomic E-state index is 13.0. The topological polar surface area (TPSA) is 41.9 Å². The van der Waals surface area contributed by atoms with Crippen LogP contribution < -0.4 is 0 Å². The molecule has 5 heteroatoms. The number of hydrogen-bond acceptors (Lipinski definition) is 4. The molecule has 4 nitrogen and oxygen atoms in total. The maximum Gasteiger partial charge on any atom is 0.123 e. The maximum atomic E-state index is 13.0. The zero-order valence-corrected chi connectivity index (χ0v) is 12.7. The number of halogens is 1. The summed E-state index contributed by atoms with van der Waals surface area (Å²) in [6.45, 7) is 6.91. The summed E-state index contributed by atoms with van der Waals surface area (Å²) in [6, 6.07) is 6.40. The lowest BCUT2D eigenvalue weighted by Crippen LogP contribution is -2.43. The second kappa shape index (κ2) is 7.84. The lowest BCUT2D eigenvalue weighted by molar-refractivity contribution is -0.0574. The van der Waals surface area contributed by atoms with E-state index in [1.807, 2.05) is 13.8 Å². The smallest absolute Gasteiger partial charge is 0.123 e. The van der Waals surface area contributed by atoms with Gasteiger partial charge in [0.1, 0.15) is 5.82 Å². The number of β-amino-alcohol motifs (C(OH)–C–C–N with tert-alkyl or cyclic N) is 1. The minimum Gasteiger partial charge on any atom is -0.389 e. The van der Waals surface area contributed by atoms with E-state index in [4.69, 9.17) is 9.47 Å². The van der Waals surface area contributed by atoms with Crippen LogP contribution in [0.4, 0.5) is 4.39 Å². The van der Waals surface area contributed by atoms with E-state index >= 15 is 0 Å². The normalized spacial score (nSPS) is 21.7. The van der Waals surface area contributed by atoms with Crippen molar-refractivity contribution in [1.29, 1.82) is 0 Å². The SMILES string of the molecule is CC(C)OCC(O)CN1CCOC(c2ccc(F)cc2)C1. The van der Waals surface area contributed by atoms with E-state index in [1.54, 1.807) is 12.1 Å². The van der Waals surface area contributed by atoms with Gasteiger partial charge in [-0.05, 0) is 31.5 Å². The van der Waals surface area contributed by atoms with E-state index in [1.165, 1.54) is 12.1 Å². The van der Waals surface area contributed by atoms with Crippen molar-refractivity contribution >= 4 is 0 Å². The van der Waals surface area contributed by atoms with E-state index < -0.39 is 6.10 Å². The van der Waals surface area contributed by atoms with Crippen LogP contribution in [0.3, 0.4) is 0 Å². The molecule has 2 rings (SSSR count). The Hall–Kier alpha value is -1.01. The first kappa shape index (κ1) is 16.4. The van der Waals surface area contributed by atoms with Gasteiger partial charge in [-0.3, -0.25) is 4.90 Å². The highest BCUT2D eigenvalue weighted by Gasteiger charge is 2.23. The van der Waals surface area contributed by atoms with Crippen molar-refractivity contribution in [3.05, 3.63) is 35.6 Å². The molecule has 1 saturated heterocycles. The highest BCUT2D eigenvalue weighted by atomic mass is 19.1. The summed E-state index contributed by atoms with van der Waals surface area (Å²) in [5.41, 5.74) is 0.967. The lowest BCUT2D eigenvalue weighted by atomic mass is 10.1. The van der Waals surface area contributed by atoms with Gasteiger partial charge in [0.15, 0.2) is 0 Å². The number of nitrogens with zero attached hydrogens (tertiary/aromatic N) is 1. The lowest BCUT2D eigenvalue weighted by Gasteiger charge is -2.34. The van der Waals surface area contributed by atoms with E-state index in [9.17, 15) is 9.50 Å². The van der Waals surface area contributed by atoms with Gasteiger partial charge in [0, 0.05) is 19.6 Å². The Kier molecular flexibility index (Phi) is 6.11. The van der Waals surface area contributed by atoms with Crippen LogP contribution in [-0.2, 0) is 9.47 Å². The third kappa shape index (κ3) is 5.36. The summed E-state index contributed by atoms with van der Waals surface area (Å²) >= 11 is 0. The first-order chi connectivity index (χ1) is 10.0. The summed E-state index contributed by atoms with van der Waals surface area (Å²) in [5, 5.41) is 9.99. The van der Waals surface area contributed by atoms with Gasteiger partial charge in [-0.25, -0.2) is 4.39 Å². The first-order valence-corrected chi connectivity index (χ1v) is 7.43. The molecule has 0 aliphatic carbocycles. The van der Waals surface area contributed by atoms with Crippen molar-refractivity contribution in [1.82, 2.24) is 4.90 Å². The second-order valence-corrected chi connectivity index (χ2v) is 5.71. The standard InChI is InChI=1S/C16H24FNO3/c1-12(2)21-11-15(19)9-18-7-8-20-16(10-18)13-3-5-14(17)6-4-13/h3-6,12,15-16,19H,7-11H2,1-2H3. The quantitative estimate of drug-likeness (QED) is 0.872. The molecule has 1 heterocycles. The average Bonchev–Trinajstić information content (AvgIpc) is 2.46. The summed E-state index contributed by atoms with van der Waals surface area (Å²) in [5.74, 6) is -0.243. The summed E-state index contributed by atoms with van der Waals surface area (Å²) in [7, 11) is 0. The average molecular weight is 297 g/mol. The van der Waals surface area contributed by atoms with Crippen molar-refractivity contribution in [2.75, 3.05) is 32.8 Å². The fraction of sp³-hybridized carbons (Fsp3) is 0.625. The molecule has 0 aromatic heterocycles. The van der Waals surface area contributed by atoms with E-state index in [0.29, 0.717) is 26.3 Å². The molecule has 118 valence electrons. The highest BCUT2D eigenvalue weighted by molar-refractivity contribution is 5.19. The zero-order valence-electron chi connectivity index (χ0n) is 12.7. The fourth-order valence-electron chi connectivity index (χ4n) is 2.40. The minimum atomic E-state index is -0.501. The number of aliphatic hydroxyl groups excluding tert-OH is 1.